The van der Waals surface area contributed by atoms with Gasteiger partial charge in [-0.2, -0.15) is 0 Å². The first-order valence-electron chi connectivity index (χ1n) is 9.13. The average molecular weight is 510 g/mol. The maximum atomic E-state index is 12.2. The van der Waals surface area contributed by atoms with E-state index in [4.69, 9.17) is 15.2 Å². The first kappa shape index (κ1) is 22.8. The summed E-state index contributed by atoms with van der Waals surface area (Å²) in [7, 11) is 5.01. The van der Waals surface area contributed by atoms with E-state index in [2.05, 4.69) is 10.3 Å². The van der Waals surface area contributed by atoms with E-state index in [0.29, 0.717) is 30.4 Å². The fraction of sp³-hybridized carbons (Fsp3) is 0.333. The zero-order valence-corrected chi connectivity index (χ0v) is 19.1. The minimum Gasteiger partial charge on any atom is -0.493 e. The standard InChI is InChI=1S/C21H26N4O3.HI/c1-25-19(26)11-15(20(25)14-7-5-4-6-8-14)13-23-21(22)24-16-9-10-17(27-2)18(12-16)28-3;/h4-10,12,15,20H,11,13H2,1-3H3,(H3,22,23,24);1H. The number of hydrogen-bond acceptors (Lipinski definition) is 4. The fourth-order valence-corrected chi connectivity index (χ4v) is 3.58. The van der Waals surface area contributed by atoms with Gasteiger partial charge in [0.1, 0.15) is 0 Å². The Bertz CT molecular complexity index is 860. The highest BCUT2D eigenvalue weighted by Gasteiger charge is 2.38. The van der Waals surface area contributed by atoms with Crippen LogP contribution in [0.4, 0.5) is 5.69 Å². The van der Waals surface area contributed by atoms with E-state index in [1.54, 1.807) is 31.3 Å². The van der Waals surface area contributed by atoms with Crippen LogP contribution in [-0.4, -0.2) is 44.6 Å². The Balaban J connectivity index is 0.00000300. The number of likely N-dealkylation sites (tertiary alicyclic amines) is 1. The molecule has 8 heteroatoms. The van der Waals surface area contributed by atoms with Crippen LogP contribution in [0, 0.1) is 5.92 Å². The first-order valence-corrected chi connectivity index (χ1v) is 9.13. The zero-order chi connectivity index (χ0) is 20.1. The van der Waals surface area contributed by atoms with Crippen LogP contribution in [0.2, 0.25) is 0 Å². The summed E-state index contributed by atoms with van der Waals surface area (Å²) in [5.74, 6) is 1.74. The summed E-state index contributed by atoms with van der Waals surface area (Å²) in [4.78, 5) is 18.5. The molecule has 0 saturated carbocycles. The van der Waals surface area contributed by atoms with Gasteiger partial charge in [0, 0.05) is 37.7 Å². The van der Waals surface area contributed by atoms with Crippen molar-refractivity contribution in [1.29, 1.82) is 0 Å². The summed E-state index contributed by atoms with van der Waals surface area (Å²) in [5.41, 5.74) is 7.93. The first-order chi connectivity index (χ1) is 13.5. The number of ether oxygens (including phenoxy) is 2. The van der Waals surface area contributed by atoms with Gasteiger partial charge in [-0.15, -0.1) is 24.0 Å². The van der Waals surface area contributed by atoms with Gasteiger partial charge in [0.2, 0.25) is 5.91 Å². The van der Waals surface area contributed by atoms with E-state index < -0.39 is 0 Å². The number of nitrogens with two attached hydrogens (primary N) is 1. The van der Waals surface area contributed by atoms with Crippen molar-refractivity contribution in [2.45, 2.75) is 12.5 Å². The molecule has 3 N–H and O–H groups in total. The molecule has 0 bridgehead atoms. The smallest absolute Gasteiger partial charge is 0.223 e. The SMILES string of the molecule is COc1ccc(NC(N)=NCC2CC(=O)N(C)C2c2ccccc2)cc1OC.I. The summed E-state index contributed by atoms with van der Waals surface area (Å²) >= 11 is 0. The lowest BCUT2D eigenvalue weighted by atomic mass is 9.94. The molecule has 3 rings (SSSR count). The third-order valence-corrected chi connectivity index (χ3v) is 4.99. The predicted octanol–water partition coefficient (Wildman–Crippen LogP) is 3.27. The molecule has 2 aromatic rings. The molecule has 0 spiro atoms. The predicted molar refractivity (Wildman–Crippen MR) is 125 cm³/mol. The number of methoxy groups -OCH3 is 2. The topological polar surface area (TPSA) is 89.2 Å². The highest BCUT2D eigenvalue weighted by molar-refractivity contribution is 14.0. The van der Waals surface area contributed by atoms with Crippen molar-refractivity contribution in [3.05, 3.63) is 54.1 Å². The molecule has 1 heterocycles. The van der Waals surface area contributed by atoms with Crippen molar-refractivity contribution in [2.75, 3.05) is 33.1 Å². The number of halogens is 1. The molecule has 2 unspecified atom stereocenters. The number of guanidine groups is 1. The summed E-state index contributed by atoms with van der Waals surface area (Å²) in [5, 5.41) is 3.06. The molecule has 1 saturated heterocycles. The Hall–Kier alpha value is -2.49. The average Bonchev–Trinajstić information content (AvgIpc) is 3.00. The summed E-state index contributed by atoms with van der Waals surface area (Å²) < 4.78 is 10.5. The number of aliphatic imine (C=N–C) groups is 1. The second kappa shape index (κ2) is 10.3. The van der Waals surface area contributed by atoms with E-state index in [0.717, 1.165) is 11.3 Å². The number of nitrogens with one attached hydrogen (secondary N) is 1. The zero-order valence-electron chi connectivity index (χ0n) is 16.8. The van der Waals surface area contributed by atoms with Gasteiger partial charge in [-0.3, -0.25) is 9.79 Å². The van der Waals surface area contributed by atoms with Crippen LogP contribution in [-0.2, 0) is 4.79 Å². The van der Waals surface area contributed by atoms with E-state index in [-0.39, 0.29) is 41.8 Å². The van der Waals surface area contributed by atoms with Crippen LogP contribution in [0.5, 0.6) is 11.5 Å². The normalized spacial score (nSPS) is 18.9. The molecule has 0 radical (unpaired) electrons. The van der Waals surface area contributed by atoms with Crippen LogP contribution in [0.25, 0.3) is 0 Å². The Morgan fingerprint density at radius 1 is 1.17 bits per heavy atom. The Morgan fingerprint density at radius 2 is 1.86 bits per heavy atom. The number of hydrogen-bond donors (Lipinski definition) is 2. The van der Waals surface area contributed by atoms with Gasteiger partial charge in [0.15, 0.2) is 17.5 Å². The maximum Gasteiger partial charge on any atom is 0.223 e. The van der Waals surface area contributed by atoms with Gasteiger partial charge in [0.25, 0.3) is 0 Å². The lowest BCUT2D eigenvalue weighted by molar-refractivity contribution is -0.127. The summed E-state index contributed by atoms with van der Waals surface area (Å²) in [6, 6.07) is 15.5. The van der Waals surface area contributed by atoms with Crippen molar-refractivity contribution in [3.8, 4) is 11.5 Å². The highest BCUT2D eigenvalue weighted by atomic mass is 127. The van der Waals surface area contributed by atoms with Crippen LogP contribution < -0.4 is 20.5 Å². The molecule has 1 fully saturated rings. The largest absolute Gasteiger partial charge is 0.493 e. The van der Waals surface area contributed by atoms with E-state index in [1.807, 2.05) is 43.4 Å². The molecular formula is C21H27IN4O3. The summed E-state index contributed by atoms with van der Waals surface area (Å²) in [6.45, 7) is 0.460. The van der Waals surface area contributed by atoms with Crippen LogP contribution in [0.15, 0.2) is 53.5 Å². The maximum absolute atomic E-state index is 12.2. The van der Waals surface area contributed by atoms with E-state index >= 15 is 0 Å². The van der Waals surface area contributed by atoms with Gasteiger partial charge < -0.3 is 25.4 Å². The third kappa shape index (κ3) is 5.31. The minimum atomic E-state index is 0. The third-order valence-electron chi connectivity index (χ3n) is 4.99. The van der Waals surface area contributed by atoms with Crippen molar-refractivity contribution in [2.24, 2.45) is 16.6 Å². The van der Waals surface area contributed by atoms with E-state index in [9.17, 15) is 4.79 Å². The van der Waals surface area contributed by atoms with Gasteiger partial charge in [-0.05, 0) is 17.7 Å². The molecule has 7 nitrogen and oxygen atoms in total. The minimum absolute atomic E-state index is 0. The number of amides is 1. The fourth-order valence-electron chi connectivity index (χ4n) is 3.58. The van der Waals surface area contributed by atoms with Crippen molar-refractivity contribution >= 4 is 41.5 Å². The molecular weight excluding hydrogens is 483 g/mol. The Kier molecular flexibility index (Phi) is 8.12. The number of carbonyl (C=O) groups excluding carboxylic acids is 1. The van der Waals surface area contributed by atoms with Gasteiger partial charge in [0.05, 0.1) is 20.3 Å². The molecule has 0 aromatic heterocycles. The number of benzene rings is 2. The monoisotopic (exact) mass is 510 g/mol. The second-order valence-electron chi connectivity index (χ2n) is 6.75. The Morgan fingerprint density at radius 3 is 2.52 bits per heavy atom. The molecule has 1 aliphatic rings. The van der Waals surface area contributed by atoms with Crippen molar-refractivity contribution in [1.82, 2.24) is 4.90 Å². The molecule has 0 aliphatic carbocycles. The highest BCUT2D eigenvalue weighted by Crippen LogP contribution is 2.37. The van der Waals surface area contributed by atoms with Crippen molar-refractivity contribution in [3.63, 3.8) is 0 Å². The number of anilines is 1. The summed E-state index contributed by atoms with van der Waals surface area (Å²) in [6.07, 6.45) is 0.462. The lowest BCUT2D eigenvalue weighted by Crippen LogP contribution is -2.27. The number of rotatable bonds is 6. The molecule has 29 heavy (non-hydrogen) atoms. The number of carbonyl (C=O) groups is 1. The molecule has 156 valence electrons. The van der Waals surface area contributed by atoms with Crippen LogP contribution >= 0.6 is 24.0 Å². The molecule has 2 atom stereocenters. The van der Waals surface area contributed by atoms with E-state index in [1.165, 1.54) is 0 Å². The Labute approximate surface area is 188 Å². The molecule has 1 amide bonds. The van der Waals surface area contributed by atoms with Crippen LogP contribution in [0.1, 0.15) is 18.0 Å². The van der Waals surface area contributed by atoms with Crippen LogP contribution in [0.3, 0.4) is 0 Å². The molecule has 2 aromatic carbocycles. The number of nitrogens with zero attached hydrogens (tertiary/aromatic N) is 2. The molecule has 1 aliphatic heterocycles. The van der Waals surface area contributed by atoms with Gasteiger partial charge >= 0.3 is 0 Å². The lowest BCUT2D eigenvalue weighted by Gasteiger charge is -2.24. The van der Waals surface area contributed by atoms with Gasteiger partial charge in [-0.1, -0.05) is 30.3 Å². The van der Waals surface area contributed by atoms with Gasteiger partial charge in [-0.25, -0.2) is 0 Å². The van der Waals surface area contributed by atoms with Crippen molar-refractivity contribution < 1.29 is 14.3 Å². The quantitative estimate of drug-likeness (QED) is 0.354. The second-order valence-corrected chi connectivity index (χ2v) is 6.75.